The van der Waals surface area contributed by atoms with Gasteiger partial charge in [0, 0.05) is 28.1 Å². The average Bonchev–Trinajstić information content (AvgIpc) is 2.92. The summed E-state index contributed by atoms with van der Waals surface area (Å²) in [5, 5.41) is 15.2. The van der Waals surface area contributed by atoms with Crippen molar-refractivity contribution in [3.63, 3.8) is 0 Å². The molecule has 8 heteroatoms. The van der Waals surface area contributed by atoms with Crippen LogP contribution in [0.4, 0.5) is 24.7 Å². The van der Waals surface area contributed by atoms with Gasteiger partial charge >= 0.3 is 6.18 Å². The molecule has 4 rings (SSSR count). The number of pyridine rings is 1. The number of hydrogen-bond acceptors (Lipinski definition) is 5. The highest BCUT2D eigenvalue weighted by Crippen LogP contribution is 2.37. The summed E-state index contributed by atoms with van der Waals surface area (Å²) in [4.78, 5) is 9.20. The molecule has 5 nitrogen and oxygen atoms in total. The molecule has 3 aromatic carbocycles. The fourth-order valence-corrected chi connectivity index (χ4v) is 4.57. The van der Waals surface area contributed by atoms with E-state index < -0.39 is 11.9 Å². The van der Waals surface area contributed by atoms with Gasteiger partial charge in [0.1, 0.15) is 23.1 Å². The van der Waals surface area contributed by atoms with Crippen LogP contribution in [0.15, 0.2) is 89.6 Å². The Morgan fingerprint density at radius 1 is 0.975 bits per heavy atom. The Morgan fingerprint density at radius 3 is 2.23 bits per heavy atom. The summed E-state index contributed by atoms with van der Waals surface area (Å²) in [6, 6.07) is 25.2. The molecule has 0 spiro atoms. The SMILES string of the molecule is CC(/C=C(\N)C(F)(F)F)=Nc1ccc(C(C)Nc2nc(-c3ccccc3C(C)C)c3ccccc3c2C#N)cc1. The Morgan fingerprint density at radius 2 is 1.60 bits per heavy atom. The largest absolute Gasteiger partial charge is 0.430 e. The molecule has 0 bridgehead atoms. The molecule has 1 atom stereocenters. The molecule has 0 aliphatic heterocycles. The number of alkyl halides is 3. The zero-order valence-corrected chi connectivity index (χ0v) is 22.7. The van der Waals surface area contributed by atoms with Crippen LogP contribution < -0.4 is 11.1 Å². The second-order valence-corrected chi connectivity index (χ2v) is 9.89. The van der Waals surface area contributed by atoms with E-state index in [0.29, 0.717) is 17.1 Å². The minimum Gasteiger partial charge on any atom is -0.395 e. The lowest BCUT2D eigenvalue weighted by molar-refractivity contribution is -0.0925. The van der Waals surface area contributed by atoms with Crippen molar-refractivity contribution in [2.45, 2.75) is 45.8 Å². The number of nitrogens with zero attached hydrogens (tertiary/aromatic N) is 3. The average molecular weight is 542 g/mol. The lowest BCUT2D eigenvalue weighted by Gasteiger charge is -2.20. The van der Waals surface area contributed by atoms with Crippen LogP contribution in [-0.4, -0.2) is 16.9 Å². The minimum absolute atomic E-state index is 0.141. The number of halogens is 3. The van der Waals surface area contributed by atoms with Crippen molar-refractivity contribution in [2.75, 3.05) is 5.32 Å². The number of rotatable bonds is 7. The highest BCUT2D eigenvalue weighted by Gasteiger charge is 2.31. The minimum atomic E-state index is -4.60. The van der Waals surface area contributed by atoms with Crippen molar-refractivity contribution in [3.8, 4) is 17.3 Å². The van der Waals surface area contributed by atoms with E-state index >= 15 is 0 Å². The molecule has 204 valence electrons. The quantitative estimate of drug-likeness (QED) is 0.229. The number of allylic oxidation sites excluding steroid dienone is 2. The second kappa shape index (κ2) is 11.6. The standard InChI is InChI=1S/C32H30F3N5/c1-19(2)24-9-5-7-11-26(24)30-27-12-8-6-10-25(27)28(18-36)31(40-30)39-21(4)22-13-15-23(16-14-22)38-20(3)17-29(37)32(33,34)35/h5-17,19,21H,37H2,1-4H3,(H,39,40)/b29-17-,38-20?. The third kappa shape index (κ3) is 6.15. The lowest BCUT2D eigenvalue weighted by atomic mass is 9.92. The van der Waals surface area contributed by atoms with Gasteiger partial charge in [-0.15, -0.1) is 0 Å². The molecule has 1 heterocycles. The molecule has 1 unspecified atom stereocenters. The number of nitrogens with one attached hydrogen (secondary N) is 1. The van der Waals surface area contributed by atoms with E-state index in [4.69, 9.17) is 10.7 Å². The van der Waals surface area contributed by atoms with Crippen molar-refractivity contribution in [2.24, 2.45) is 10.7 Å². The first-order valence-electron chi connectivity index (χ1n) is 12.9. The monoisotopic (exact) mass is 541 g/mol. The summed E-state index contributed by atoms with van der Waals surface area (Å²) < 4.78 is 38.1. The van der Waals surface area contributed by atoms with Gasteiger partial charge in [0.2, 0.25) is 0 Å². The molecular weight excluding hydrogens is 511 g/mol. The molecule has 0 aliphatic carbocycles. The summed E-state index contributed by atoms with van der Waals surface area (Å²) in [6.07, 6.45) is -3.79. The van der Waals surface area contributed by atoms with Gasteiger partial charge in [0.15, 0.2) is 0 Å². The molecule has 1 aromatic heterocycles. The van der Waals surface area contributed by atoms with E-state index in [1.807, 2.05) is 55.5 Å². The van der Waals surface area contributed by atoms with Crippen LogP contribution in [0, 0.1) is 11.3 Å². The van der Waals surface area contributed by atoms with Crippen molar-refractivity contribution >= 4 is 28.0 Å². The Kier molecular flexibility index (Phi) is 8.24. The molecular formula is C32H30F3N5. The number of nitrogens with two attached hydrogens (primary N) is 1. The van der Waals surface area contributed by atoms with Crippen molar-refractivity contribution in [1.82, 2.24) is 4.98 Å². The third-order valence-corrected chi connectivity index (χ3v) is 6.61. The lowest BCUT2D eigenvalue weighted by Crippen LogP contribution is -2.20. The first kappa shape index (κ1) is 28.4. The van der Waals surface area contributed by atoms with Gasteiger partial charge in [0.25, 0.3) is 0 Å². The Bertz CT molecular complexity index is 1630. The maximum atomic E-state index is 12.7. The zero-order chi connectivity index (χ0) is 29.0. The first-order chi connectivity index (χ1) is 19.0. The van der Waals surface area contributed by atoms with E-state index in [1.54, 1.807) is 12.1 Å². The van der Waals surface area contributed by atoms with E-state index in [0.717, 1.165) is 33.7 Å². The summed E-state index contributed by atoms with van der Waals surface area (Å²) in [7, 11) is 0. The molecule has 4 aromatic rings. The van der Waals surface area contributed by atoms with E-state index in [-0.39, 0.29) is 17.7 Å². The van der Waals surface area contributed by atoms with Crippen LogP contribution >= 0.6 is 0 Å². The first-order valence-corrected chi connectivity index (χ1v) is 12.9. The van der Waals surface area contributed by atoms with Crippen molar-refractivity contribution < 1.29 is 13.2 Å². The van der Waals surface area contributed by atoms with E-state index in [2.05, 4.69) is 42.4 Å². The van der Waals surface area contributed by atoms with Gasteiger partial charge in [-0.05, 0) is 49.1 Å². The maximum absolute atomic E-state index is 12.7. The predicted molar refractivity (Wildman–Crippen MR) is 156 cm³/mol. The number of anilines is 1. The highest BCUT2D eigenvalue weighted by atomic mass is 19.4. The molecule has 0 amide bonds. The molecule has 0 radical (unpaired) electrons. The molecule has 3 N–H and O–H groups in total. The van der Waals surface area contributed by atoms with Gasteiger partial charge in [0.05, 0.1) is 11.4 Å². The van der Waals surface area contributed by atoms with Crippen LogP contribution in [0.1, 0.15) is 56.3 Å². The smallest absolute Gasteiger partial charge is 0.395 e. The fraction of sp³-hybridized carbons (Fsp3) is 0.219. The molecule has 0 aliphatic rings. The molecule has 0 fully saturated rings. The zero-order valence-electron chi connectivity index (χ0n) is 22.7. The predicted octanol–water partition coefficient (Wildman–Crippen LogP) is 8.57. The molecule has 0 saturated heterocycles. The Labute approximate surface area is 231 Å². The van der Waals surface area contributed by atoms with Crippen molar-refractivity contribution in [1.29, 1.82) is 5.26 Å². The van der Waals surface area contributed by atoms with Crippen LogP contribution in [0.5, 0.6) is 0 Å². The number of aromatic nitrogens is 1. The Balaban J connectivity index is 1.70. The molecule has 40 heavy (non-hydrogen) atoms. The van der Waals surface area contributed by atoms with Gasteiger partial charge in [-0.1, -0.05) is 74.5 Å². The van der Waals surface area contributed by atoms with Crippen LogP contribution in [0.2, 0.25) is 0 Å². The van der Waals surface area contributed by atoms with E-state index in [9.17, 15) is 18.4 Å². The van der Waals surface area contributed by atoms with Crippen LogP contribution in [0.3, 0.4) is 0 Å². The van der Waals surface area contributed by atoms with Gasteiger partial charge < -0.3 is 11.1 Å². The number of fused-ring (bicyclic) bond motifs is 1. The van der Waals surface area contributed by atoms with Crippen LogP contribution in [0.25, 0.3) is 22.0 Å². The van der Waals surface area contributed by atoms with E-state index in [1.165, 1.54) is 12.5 Å². The topological polar surface area (TPSA) is 87.1 Å². The van der Waals surface area contributed by atoms with Gasteiger partial charge in [-0.2, -0.15) is 18.4 Å². The normalized spacial score (nSPS) is 13.4. The number of benzene rings is 3. The molecule has 0 saturated carbocycles. The van der Waals surface area contributed by atoms with Gasteiger partial charge in [-0.25, -0.2) is 4.98 Å². The summed E-state index contributed by atoms with van der Waals surface area (Å²) in [5.74, 6) is 0.765. The Hall–Kier alpha value is -4.64. The maximum Gasteiger partial charge on any atom is 0.430 e. The summed E-state index contributed by atoms with van der Waals surface area (Å²) >= 11 is 0. The number of hydrogen-bond donors (Lipinski definition) is 2. The van der Waals surface area contributed by atoms with Crippen molar-refractivity contribution in [3.05, 3.63) is 101 Å². The number of aliphatic imine (C=N–C) groups is 1. The van der Waals surface area contributed by atoms with Gasteiger partial charge in [-0.3, -0.25) is 4.99 Å². The number of nitriles is 1. The summed E-state index contributed by atoms with van der Waals surface area (Å²) in [6.45, 7) is 7.70. The van der Waals surface area contributed by atoms with Crippen LogP contribution in [-0.2, 0) is 0 Å². The summed E-state index contributed by atoms with van der Waals surface area (Å²) in [5.41, 5.74) is 8.87. The highest BCUT2D eigenvalue weighted by molar-refractivity contribution is 6.01. The third-order valence-electron chi connectivity index (χ3n) is 6.61. The fourth-order valence-electron chi connectivity index (χ4n) is 4.57. The second-order valence-electron chi connectivity index (χ2n) is 9.89.